The van der Waals surface area contributed by atoms with Crippen molar-refractivity contribution in [2.24, 2.45) is 0 Å². The Kier molecular flexibility index (Phi) is 3.30. The molecule has 1 radical (unpaired) electrons. The van der Waals surface area contributed by atoms with Gasteiger partial charge in [0.25, 0.3) is 0 Å². The van der Waals surface area contributed by atoms with Gasteiger partial charge in [-0.2, -0.15) is 0 Å². The van der Waals surface area contributed by atoms with Gasteiger partial charge in [0.05, 0.1) is 7.11 Å². The number of hydrogen-bond donors (Lipinski definition) is 0. The minimum atomic E-state index is 0.886. The highest BCUT2D eigenvalue weighted by atomic mass is 79.9. The molecule has 0 saturated carbocycles. The van der Waals surface area contributed by atoms with E-state index >= 15 is 0 Å². The molecule has 0 unspecified atom stereocenters. The first kappa shape index (κ1) is 11.2. The average molecular weight is 276 g/mol. The van der Waals surface area contributed by atoms with Crippen molar-refractivity contribution in [1.82, 2.24) is 0 Å². The van der Waals surface area contributed by atoms with Crippen molar-refractivity contribution in [3.05, 3.63) is 52.5 Å². The molecule has 2 heteroatoms. The Morgan fingerprint density at radius 1 is 1.19 bits per heavy atom. The van der Waals surface area contributed by atoms with Crippen LogP contribution in [-0.2, 0) is 0 Å². The van der Waals surface area contributed by atoms with E-state index in [4.69, 9.17) is 4.74 Å². The van der Waals surface area contributed by atoms with Crippen LogP contribution < -0.4 is 4.74 Å². The molecule has 0 heterocycles. The lowest BCUT2D eigenvalue weighted by atomic mass is 10.00. The molecule has 2 aromatic carbocycles. The van der Waals surface area contributed by atoms with E-state index < -0.39 is 0 Å². The summed E-state index contributed by atoms with van der Waals surface area (Å²) in [6.07, 6.45) is 0. The summed E-state index contributed by atoms with van der Waals surface area (Å²) in [5.41, 5.74) is 3.36. The van der Waals surface area contributed by atoms with Crippen molar-refractivity contribution in [3.8, 4) is 16.9 Å². The van der Waals surface area contributed by atoms with Gasteiger partial charge in [-0.15, -0.1) is 0 Å². The third-order valence-electron chi connectivity index (χ3n) is 2.51. The van der Waals surface area contributed by atoms with E-state index in [1.54, 1.807) is 7.11 Å². The topological polar surface area (TPSA) is 9.23 Å². The summed E-state index contributed by atoms with van der Waals surface area (Å²) in [5, 5.41) is 0. The predicted molar refractivity (Wildman–Crippen MR) is 69.7 cm³/mol. The van der Waals surface area contributed by atoms with E-state index in [0.717, 1.165) is 26.9 Å². The van der Waals surface area contributed by atoms with Gasteiger partial charge in [0.2, 0.25) is 0 Å². The zero-order chi connectivity index (χ0) is 11.5. The van der Waals surface area contributed by atoms with Gasteiger partial charge in [0, 0.05) is 10.0 Å². The first-order valence-corrected chi connectivity index (χ1v) is 5.83. The number of ether oxygens (including phenoxy) is 1. The van der Waals surface area contributed by atoms with Crippen LogP contribution in [0, 0.1) is 13.0 Å². The minimum absolute atomic E-state index is 0.886. The van der Waals surface area contributed by atoms with Gasteiger partial charge >= 0.3 is 0 Å². The third kappa shape index (κ3) is 2.12. The Morgan fingerprint density at radius 2 is 1.94 bits per heavy atom. The molecule has 0 saturated heterocycles. The molecular formula is C14H12BrO. The van der Waals surface area contributed by atoms with Crippen molar-refractivity contribution >= 4 is 15.9 Å². The highest BCUT2D eigenvalue weighted by Gasteiger charge is 2.07. The van der Waals surface area contributed by atoms with Crippen molar-refractivity contribution in [2.45, 2.75) is 6.92 Å². The number of para-hydroxylation sites is 1. The van der Waals surface area contributed by atoms with Crippen molar-refractivity contribution in [3.63, 3.8) is 0 Å². The molecule has 0 fully saturated rings. The van der Waals surface area contributed by atoms with Crippen molar-refractivity contribution in [2.75, 3.05) is 7.11 Å². The first-order valence-electron chi connectivity index (χ1n) is 5.03. The molecule has 1 nitrogen and oxygen atoms in total. The van der Waals surface area contributed by atoms with Crippen LogP contribution >= 0.6 is 15.9 Å². The zero-order valence-electron chi connectivity index (χ0n) is 9.25. The minimum Gasteiger partial charge on any atom is -0.496 e. The quantitative estimate of drug-likeness (QED) is 0.797. The summed E-state index contributed by atoms with van der Waals surface area (Å²) in [4.78, 5) is 0. The molecule has 2 rings (SSSR count). The largest absolute Gasteiger partial charge is 0.496 e. The van der Waals surface area contributed by atoms with Gasteiger partial charge in [-0.05, 0) is 42.3 Å². The Morgan fingerprint density at radius 3 is 2.69 bits per heavy atom. The number of aryl methyl sites for hydroxylation is 1. The molecule has 0 N–H and O–H groups in total. The number of rotatable bonds is 2. The highest BCUT2D eigenvalue weighted by Crippen LogP contribution is 2.33. The van der Waals surface area contributed by atoms with Crippen LogP contribution in [0.4, 0.5) is 0 Å². The van der Waals surface area contributed by atoms with Gasteiger partial charge in [-0.25, -0.2) is 0 Å². The maximum Gasteiger partial charge on any atom is 0.126 e. The summed E-state index contributed by atoms with van der Waals surface area (Å²) < 4.78 is 6.39. The van der Waals surface area contributed by atoms with E-state index in [2.05, 4.69) is 34.1 Å². The van der Waals surface area contributed by atoms with E-state index in [1.165, 1.54) is 0 Å². The molecule has 0 aromatic heterocycles. The Balaban J connectivity index is 2.62. The van der Waals surface area contributed by atoms with Crippen molar-refractivity contribution < 1.29 is 4.74 Å². The fourth-order valence-electron chi connectivity index (χ4n) is 1.69. The van der Waals surface area contributed by atoms with Gasteiger partial charge in [0.15, 0.2) is 0 Å². The zero-order valence-corrected chi connectivity index (χ0v) is 10.8. The summed E-state index contributed by atoms with van der Waals surface area (Å²) in [7, 11) is 1.69. The van der Waals surface area contributed by atoms with Crippen LogP contribution in [0.5, 0.6) is 5.75 Å². The molecule has 0 aliphatic heterocycles. The number of hydrogen-bond acceptors (Lipinski definition) is 1. The molecule has 2 aromatic rings. The lowest BCUT2D eigenvalue weighted by molar-refractivity contribution is 0.416. The first-order chi connectivity index (χ1) is 7.72. The molecule has 16 heavy (non-hydrogen) atoms. The lowest BCUT2D eigenvalue weighted by Crippen LogP contribution is -1.89. The van der Waals surface area contributed by atoms with Crippen LogP contribution in [0.1, 0.15) is 5.56 Å². The Labute approximate surface area is 104 Å². The van der Waals surface area contributed by atoms with Gasteiger partial charge in [0.1, 0.15) is 5.75 Å². The number of methoxy groups -OCH3 is 1. The molecule has 0 bridgehead atoms. The van der Waals surface area contributed by atoms with Gasteiger partial charge in [-0.1, -0.05) is 34.1 Å². The maximum atomic E-state index is 5.37. The molecule has 0 spiro atoms. The van der Waals surface area contributed by atoms with Crippen molar-refractivity contribution in [1.29, 1.82) is 0 Å². The molecule has 0 aliphatic carbocycles. The smallest absolute Gasteiger partial charge is 0.126 e. The fourth-order valence-corrected chi connectivity index (χ4v) is 2.03. The molecule has 81 valence electrons. The predicted octanol–water partition coefficient (Wildman–Crippen LogP) is 4.23. The Bertz CT molecular complexity index is 506. The van der Waals surface area contributed by atoms with Crippen LogP contribution in [0.15, 0.2) is 40.9 Å². The second-order valence-electron chi connectivity index (χ2n) is 3.56. The van der Waals surface area contributed by atoms with Crippen LogP contribution in [-0.4, -0.2) is 7.11 Å². The van der Waals surface area contributed by atoms with E-state index in [-0.39, 0.29) is 0 Å². The summed E-state index contributed by atoms with van der Waals surface area (Å²) in [5.74, 6) is 0.886. The molecule has 0 atom stereocenters. The molecular weight excluding hydrogens is 264 g/mol. The molecule has 0 aliphatic rings. The fraction of sp³-hybridized carbons (Fsp3) is 0.143. The second-order valence-corrected chi connectivity index (χ2v) is 4.47. The van der Waals surface area contributed by atoms with E-state index in [9.17, 15) is 0 Å². The van der Waals surface area contributed by atoms with E-state index in [0.29, 0.717) is 0 Å². The lowest BCUT2D eigenvalue weighted by Gasteiger charge is -2.10. The summed E-state index contributed by atoms with van der Waals surface area (Å²) >= 11 is 3.47. The van der Waals surface area contributed by atoms with Crippen LogP contribution in [0.3, 0.4) is 0 Å². The van der Waals surface area contributed by atoms with Gasteiger partial charge in [-0.3, -0.25) is 0 Å². The van der Waals surface area contributed by atoms with Crippen LogP contribution in [0.2, 0.25) is 0 Å². The van der Waals surface area contributed by atoms with Gasteiger partial charge < -0.3 is 4.74 Å². The SMILES string of the molecule is COc1ccccc1-c1cc(Br)c[c]c1C. The van der Waals surface area contributed by atoms with Crippen LogP contribution in [0.25, 0.3) is 11.1 Å². The monoisotopic (exact) mass is 275 g/mol. The standard InChI is InChI=1S/C14H12BrO/c1-10-7-8-11(15)9-13(10)12-5-3-4-6-14(12)16-2/h3-6,8-9H,1-2H3. The number of benzene rings is 2. The summed E-state index contributed by atoms with van der Waals surface area (Å²) in [6.45, 7) is 2.05. The average Bonchev–Trinajstić information content (AvgIpc) is 2.32. The molecule has 0 amide bonds. The summed E-state index contributed by atoms with van der Waals surface area (Å²) in [6, 6.07) is 15.2. The third-order valence-corrected chi connectivity index (χ3v) is 2.97. The van der Waals surface area contributed by atoms with E-state index in [1.807, 2.05) is 31.2 Å². The number of halogens is 1. The normalized spacial score (nSPS) is 10.2. The maximum absolute atomic E-state index is 5.37. The Hall–Kier alpha value is -1.28. The second kappa shape index (κ2) is 4.71. The highest BCUT2D eigenvalue weighted by molar-refractivity contribution is 9.10.